The molecule has 2 rings (SSSR count). The van der Waals surface area contributed by atoms with Crippen LogP contribution in [0.25, 0.3) is 0 Å². The first-order valence-electron chi connectivity index (χ1n) is 7.28. The van der Waals surface area contributed by atoms with Gasteiger partial charge in [-0.05, 0) is 32.9 Å². The predicted octanol–water partition coefficient (Wildman–Crippen LogP) is 2.10. The Balaban J connectivity index is 2.25. The predicted molar refractivity (Wildman–Crippen MR) is 83.5 cm³/mol. The van der Waals surface area contributed by atoms with Gasteiger partial charge in [-0.3, -0.25) is 19.3 Å². The molecule has 0 spiro atoms. The monoisotopic (exact) mass is 300 g/mol. The number of likely N-dealkylation sites (N-methyl/N-ethyl adjacent to an activating group) is 1. The summed E-state index contributed by atoms with van der Waals surface area (Å²) in [5, 5.41) is 0. The lowest BCUT2D eigenvalue weighted by atomic mass is 10.1. The van der Waals surface area contributed by atoms with Gasteiger partial charge in [0.2, 0.25) is 5.91 Å². The molecular weight excluding hydrogens is 280 g/mol. The van der Waals surface area contributed by atoms with E-state index in [1.54, 1.807) is 36.1 Å². The normalized spacial score (nSPS) is 14.8. The van der Waals surface area contributed by atoms with Gasteiger partial charge in [0.1, 0.15) is 6.04 Å². The van der Waals surface area contributed by atoms with Crippen LogP contribution in [0.3, 0.4) is 0 Å². The lowest BCUT2D eigenvalue weighted by Gasteiger charge is -2.28. The number of benzene rings is 1. The maximum Gasteiger partial charge on any atom is 0.262 e. The quantitative estimate of drug-likeness (QED) is 0.618. The van der Waals surface area contributed by atoms with Gasteiger partial charge in [-0.1, -0.05) is 24.3 Å². The minimum absolute atomic E-state index is 0.250. The van der Waals surface area contributed by atoms with Crippen LogP contribution in [0.2, 0.25) is 0 Å². The Bertz CT molecular complexity index is 616. The maximum absolute atomic E-state index is 12.6. The number of hydrogen-bond donors (Lipinski definition) is 0. The van der Waals surface area contributed by atoms with Gasteiger partial charge in [0, 0.05) is 13.1 Å². The molecule has 1 unspecified atom stereocenters. The third kappa shape index (κ3) is 2.66. The maximum atomic E-state index is 12.6. The molecule has 1 aliphatic rings. The van der Waals surface area contributed by atoms with Crippen molar-refractivity contribution < 1.29 is 14.4 Å². The van der Waals surface area contributed by atoms with Gasteiger partial charge < -0.3 is 4.90 Å². The fraction of sp³-hybridized carbons (Fsp3) is 0.353. The fourth-order valence-corrected chi connectivity index (χ4v) is 2.61. The van der Waals surface area contributed by atoms with Crippen molar-refractivity contribution in [2.75, 3.05) is 13.1 Å². The van der Waals surface area contributed by atoms with Crippen LogP contribution in [-0.2, 0) is 4.79 Å². The van der Waals surface area contributed by atoms with Crippen molar-refractivity contribution >= 4 is 17.7 Å². The first-order valence-corrected chi connectivity index (χ1v) is 7.28. The molecule has 3 amide bonds. The number of imide groups is 1. The Morgan fingerprint density at radius 2 is 1.73 bits per heavy atom. The fourth-order valence-electron chi connectivity index (χ4n) is 2.61. The first-order chi connectivity index (χ1) is 10.4. The first kappa shape index (κ1) is 15.9. The minimum Gasteiger partial charge on any atom is -0.337 e. The molecule has 0 bridgehead atoms. The second-order valence-corrected chi connectivity index (χ2v) is 5.51. The molecule has 1 aromatic rings. The van der Waals surface area contributed by atoms with E-state index >= 15 is 0 Å². The number of carbonyl (C=O) groups is 3. The Hall–Kier alpha value is -2.43. The summed E-state index contributed by atoms with van der Waals surface area (Å²) in [4.78, 5) is 40.0. The summed E-state index contributed by atoms with van der Waals surface area (Å²) in [6, 6.07) is 5.81. The lowest BCUT2D eigenvalue weighted by Crippen LogP contribution is -2.49. The number of nitrogens with zero attached hydrogens (tertiary/aromatic N) is 2. The van der Waals surface area contributed by atoms with Crippen LogP contribution in [-0.4, -0.2) is 46.7 Å². The molecule has 0 fully saturated rings. The van der Waals surface area contributed by atoms with E-state index < -0.39 is 17.9 Å². The van der Waals surface area contributed by atoms with Crippen molar-refractivity contribution in [3.63, 3.8) is 0 Å². The van der Waals surface area contributed by atoms with Crippen LogP contribution >= 0.6 is 0 Å². The average Bonchev–Trinajstić information content (AvgIpc) is 2.75. The molecule has 0 aliphatic carbocycles. The van der Waals surface area contributed by atoms with Gasteiger partial charge in [0.05, 0.1) is 11.1 Å². The number of hydrogen-bond acceptors (Lipinski definition) is 3. The lowest BCUT2D eigenvalue weighted by molar-refractivity contribution is -0.134. The zero-order chi connectivity index (χ0) is 16.4. The van der Waals surface area contributed by atoms with E-state index in [4.69, 9.17) is 0 Å². The summed E-state index contributed by atoms with van der Waals surface area (Å²) in [6.45, 7) is 10.0. The smallest absolute Gasteiger partial charge is 0.262 e. The molecule has 1 aromatic carbocycles. The van der Waals surface area contributed by atoms with Crippen LogP contribution < -0.4 is 0 Å². The largest absolute Gasteiger partial charge is 0.337 e. The molecule has 0 radical (unpaired) electrons. The van der Waals surface area contributed by atoms with Gasteiger partial charge >= 0.3 is 0 Å². The molecule has 116 valence electrons. The Morgan fingerprint density at radius 1 is 1.23 bits per heavy atom. The van der Waals surface area contributed by atoms with Crippen LogP contribution in [0, 0.1) is 0 Å². The van der Waals surface area contributed by atoms with E-state index in [2.05, 4.69) is 6.58 Å². The third-order valence-electron chi connectivity index (χ3n) is 3.72. The summed E-state index contributed by atoms with van der Waals surface area (Å²) in [7, 11) is 0. The molecule has 0 saturated carbocycles. The van der Waals surface area contributed by atoms with E-state index in [-0.39, 0.29) is 5.91 Å². The van der Waals surface area contributed by atoms with E-state index in [0.29, 0.717) is 24.2 Å². The van der Waals surface area contributed by atoms with E-state index in [9.17, 15) is 14.4 Å². The average molecular weight is 300 g/mol. The summed E-state index contributed by atoms with van der Waals surface area (Å²) >= 11 is 0. The molecule has 5 nitrogen and oxygen atoms in total. The molecule has 5 heteroatoms. The van der Waals surface area contributed by atoms with Crippen molar-refractivity contribution in [2.24, 2.45) is 0 Å². The third-order valence-corrected chi connectivity index (χ3v) is 3.72. The zero-order valence-corrected chi connectivity index (χ0v) is 13.1. The Labute approximate surface area is 130 Å². The second-order valence-electron chi connectivity index (χ2n) is 5.51. The van der Waals surface area contributed by atoms with Crippen LogP contribution in [0.1, 0.15) is 41.5 Å². The highest BCUT2D eigenvalue weighted by molar-refractivity contribution is 6.22. The minimum atomic E-state index is -0.827. The molecule has 0 N–H and O–H groups in total. The Morgan fingerprint density at radius 3 is 2.14 bits per heavy atom. The van der Waals surface area contributed by atoms with Crippen LogP contribution in [0.5, 0.6) is 0 Å². The van der Waals surface area contributed by atoms with Gasteiger partial charge in [0.25, 0.3) is 11.8 Å². The van der Waals surface area contributed by atoms with Crippen LogP contribution in [0.15, 0.2) is 36.4 Å². The van der Waals surface area contributed by atoms with E-state index in [1.165, 1.54) is 0 Å². The standard InChI is InChI=1S/C17H20N2O3/c1-5-18(10-11(2)3)15(20)12(4)19-16(21)13-8-6-7-9-14(13)17(19)22/h6-9,12H,2,5,10H2,1,3-4H3. The van der Waals surface area contributed by atoms with Crippen molar-refractivity contribution in [1.82, 2.24) is 9.80 Å². The van der Waals surface area contributed by atoms with Crippen molar-refractivity contribution in [2.45, 2.75) is 26.8 Å². The van der Waals surface area contributed by atoms with Crippen molar-refractivity contribution in [1.29, 1.82) is 0 Å². The molecule has 1 heterocycles. The molecule has 22 heavy (non-hydrogen) atoms. The topological polar surface area (TPSA) is 57.7 Å². The number of amides is 3. The SMILES string of the molecule is C=C(C)CN(CC)C(=O)C(C)N1C(=O)c2ccccc2C1=O. The highest BCUT2D eigenvalue weighted by atomic mass is 16.2. The summed E-state index contributed by atoms with van der Waals surface area (Å²) in [5.74, 6) is -1.07. The zero-order valence-electron chi connectivity index (χ0n) is 13.1. The Kier molecular flexibility index (Phi) is 4.45. The van der Waals surface area contributed by atoms with Crippen molar-refractivity contribution in [3.05, 3.63) is 47.5 Å². The summed E-state index contributed by atoms with van der Waals surface area (Å²) < 4.78 is 0. The molecular formula is C17H20N2O3. The highest BCUT2D eigenvalue weighted by Crippen LogP contribution is 2.25. The van der Waals surface area contributed by atoms with Crippen LogP contribution in [0.4, 0.5) is 0 Å². The number of carbonyl (C=O) groups excluding carboxylic acids is 3. The van der Waals surface area contributed by atoms with Gasteiger partial charge in [0.15, 0.2) is 0 Å². The van der Waals surface area contributed by atoms with Gasteiger partial charge in [-0.2, -0.15) is 0 Å². The highest BCUT2D eigenvalue weighted by Gasteiger charge is 2.41. The van der Waals surface area contributed by atoms with Crippen molar-refractivity contribution in [3.8, 4) is 0 Å². The number of fused-ring (bicyclic) bond motifs is 1. The second kappa shape index (κ2) is 6.13. The van der Waals surface area contributed by atoms with Gasteiger partial charge in [-0.25, -0.2) is 0 Å². The molecule has 1 atom stereocenters. The van der Waals surface area contributed by atoms with Gasteiger partial charge in [-0.15, -0.1) is 0 Å². The molecule has 0 aromatic heterocycles. The van der Waals surface area contributed by atoms with E-state index in [0.717, 1.165) is 10.5 Å². The summed E-state index contributed by atoms with van der Waals surface area (Å²) in [5.41, 5.74) is 1.56. The number of rotatable bonds is 5. The van der Waals surface area contributed by atoms with E-state index in [1.807, 2.05) is 13.8 Å². The molecule has 0 saturated heterocycles. The molecule has 1 aliphatic heterocycles. The summed E-state index contributed by atoms with van der Waals surface area (Å²) in [6.07, 6.45) is 0.